The van der Waals surface area contributed by atoms with Crippen molar-refractivity contribution in [3.8, 4) is 6.07 Å². The minimum atomic E-state index is 0.569. The predicted molar refractivity (Wildman–Crippen MR) is 78.5 cm³/mol. The molecule has 0 spiro atoms. The van der Waals surface area contributed by atoms with Gasteiger partial charge in [-0.25, -0.2) is 4.98 Å². The van der Waals surface area contributed by atoms with E-state index >= 15 is 0 Å². The summed E-state index contributed by atoms with van der Waals surface area (Å²) in [6.07, 6.45) is 0. The lowest BCUT2D eigenvalue weighted by atomic mass is 10.2. The van der Waals surface area contributed by atoms with Crippen LogP contribution in [0.25, 0.3) is 0 Å². The van der Waals surface area contributed by atoms with Crippen LogP contribution in [-0.4, -0.2) is 12.0 Å². The smallest absolute Gasteiger partial charge is 0.185 e. The first kappa shape index (κ1) is 12.9. The van der Waals surface area contributed by atoms with Crippen LogP contribution < -0.4 is 10.6 Å². The highest BCUT2D eigenvalue weighted by molar-refractivity contribution is 9.10. The third-order valence-corrected chi connectivity index (χ3v) is 4.23. The van der Waals surface area contributed by atoms with E-state index in [1.54, 1.807) is 7.05 Å². The molecule has 4 nitrogen and oxygen atoms in total. The molecule has 0 aliphatic carbocycles. The Balaban J connectivity index is 2.30. The monoisotopic (exact) mass is 322 g/mol. The molecule has 0 fully saturated rings. The Morgan fingerprint density at radius 3 is 2.83 bits per heavy atom. The van der Waals surface area contributed by atoms with Gasteiger partial charge < -0.3 is 10.6 Å². The number of halogens is 1. The van der Waals surface area contributed by atoms with Crippen molar-refractivity contribution < 1.29 is 0 Å². The lowest BCUT2D eigenvalue weighted by Crippen LogP contribution is -1.94. The van der Waals surface area contributed by atoms with E-state index in [9.17, 15) is 0 Å². The van der Waals surface area contributed by atoms with E-state index in [4.69, 9.17) is 5.26 Å². The van der Waals surface area contributed by atoms with E-state index in [2.05, 4.69) is 37.6 Å². The standard InChI is InChI=1S/C12H11BrN4S/c1-7-5-8(3-4-9(7)13)16-11-10(6-14)18-12(15-2)17-11/h3-5,16H,1-2H3,(H,15,17). The number of nitrogens with one attached hydrogen (secondary N) is 2. The molecule has 0 saturated carbocycles. The molecule has 2 N–H and O–H groups in total. The summed E-state index contributed by atoms with van der Waals surface area (Å²) in [6.45, 7) is 2.01. The van der Waals surface area contributed by atoms with Gasteiger partial charge in [0.05, 0.1) is 0 Å². The van der Waals surface area contributed by atoms with Crippen molar-refractivity contribution >= 4 is 43.9 Å². The molecule has 6 heteroatoms. The van der Waals surface area contributed by atoms with E-state index in [0.717, 1.165) is 20.9 Å². The van der Waals surface area contributed by atoms with Crippen molar-refractivity contribution in [1.29, 1.82) is 5.26 Å². The molecule has 18 heavy (non-hydrogen) atoms. The number of aryl methyl sites for hydroxylation is 1. The highest BCUT2D eigenvalue weighted by Gasteiger charge is 2.10. The van der Waals surface area contributed by atoms with Crippen molar-refractivity contribution in [2.75, 3.05) is 17.7 Å². The first-order valence-electron chi connectivity index (χ1n) is 5.26. The highest BCUT2D eigenvalue weighted by Crippen LogP contribution is 2.29. The second kappa shape index (κ2) is 5.38. The van der Waals surface area contributed by atoms with Crippen molar-refractivity contribution in [3.63, 3.8) is 0 Å². The maximum absolute atomic E-state index is 9.05. The summed E-state index contributed by atoms with van der Waals surface area (Å²) in [4.78, 5) is 4.88. The number of aromatic nitrogens is 1. The minimum absolute atomic E-state index is 0.569. The number of rotatable bonds is 3. The Morgan fingerprint density at radius 2 is 2.22 bits per heavy atom. The Labute approximate surface area is 118 Å². The van der Waals surface area contributed by atoms with Gasteiger partial charge >= 0.3 is 0 Å². The van der Waals surface area contributed by atoms with Crippen LogP contribution in [0.4, 0.5) is 16.6 Å². The van der Waals surface area contributed by atoms with Crippen LogP contribution in [-0.2, 0) is 0 Å². The topological polar surface area (TPSA) is 60.7 Å². The van der Waals surface area contributed by atoms with Crippen LogP contribution in [0.15, 0.2) is 22.7 Å². The Morgan fingerprint density at radius 1 is 1.44 bits per heavy atom. The number of nitriles is 1. The zero-order valence-corrected chi connectivity index (χ0v) is 12.3. The van der Waals surface area contributed by atoms with E-state index in [-0.39, 0.29) is 0 Å². The Hall–Kier alpha value is -1.58. The normalized spacial score (nSPS) is 9.89. The van der Waals surface area contributed by atoms with Crippen LogP contribution >= 0.6 is 27.3 Å². The molecule has 0 bridgehead atoms. The van der Waals surface area contributed by atoms with Crippen LogP contribution in [0.3, 0.4) is 0 Å². The van der Waals surface area contributed by atoms with E-state index in [1.807, 2.05) is 25.1 Å². The molecule has 1 heterocycles. The molecule has 0 radical (unpaired) electrons. The van der Waals surface area contributed by atoms with Gasteiger partial charge in [0, 0.05) is 17.2 Å². The van der Waals surface area contributed by atoms with Crippen LogP contribution in [0.5, 0.6) is 0 Å². The summed E-state index contributed by atoms with van der Waals surface area (Å²) in [7, 11) is 1.79. The molecule has 92 valence electrons. The quantitative estimate of drug-likeness (QED) is 0.900. The largest absolute Gasteiger partial charge is 0.364 e. The van der Waals surface area contributed by atoms with Gasteiger partial charge in [-0.3, -0.25) is 0 Å². The molecule has 2 rings (SSSR count). The van der Waals surface area contributed by atoms with E-state index in [1.165, 1.54) is 11.3 Å². The van der Waals surface area contributed by atoms with Gasteiger partial charge in [-0.05, 0) is 30.7 Å². The maximum atomic E-state index is 9.05. The highest BCUT2D eigenvalue weighted by atomic mass is 79.9. The maximum Gasteiger partial charge on any atom is 0.185 e. The van der Waals surface area contributed by atoms with E-state index in [0.29, 0.717) is 10.7 Å². The van der Waals surface area contributed by atoms with Gasteiger partial charge in [-0.2, -0.15) is 5.26 Å². The molecule has 0 saturated heterocycles. The Bertz CT molecular complexity index is 615. The number of benzene rings is 1. The second-order valence-corrected chi connectivity index (χ2v) is 5.50. The van der Waals surface area contributed by atoms with Gasteiger partial charge in [0.1, 0.15) is 6.07 Å². The zero-order chi connectivity index (χ0) is 13.1. The molecule has 0 amide bonds. The summed E-state index contributed by atoms with van der Waals surface area (Å²) in [5.74, 6) is 0.591. The van der Waals surface area contributed by atoms with E-state index < -0.39 is 0 Å². The predicted octanol–water partition coefficient (Wildman–Crippen LogP) is 3.87. The number of thiazole rings is 1. The second-order valence-electron chi connectivity index (χ2n) is 3.65. The van der Waals surface area contributed by atoms with Gasteiger partial charge in [0.2, 0.25) is 0 Å². The molecule has 0 aliphatic rings. The fourth-order valence-corrected chi connectivity index (χ4v) is 2.36. The summed E-state index contributed by atoms with van der Waals surface area (Å²) in [5, 5.41) is 15.9. The van der Waals surface area contributed by atoms with Gasteiger partial charge in [-0.15, -0.1) is 0 Å². The van der Waals surface area contributed by atoms with Crippen LogP contribution in [0, 0.1) is 18.3 Å². The Kier molecular flexibility index (Phi) is 3.84. The number of hydrogen-bond acceptors (Lipinski definition) is 5. The molecule has 1 aromatic carbocycles. The third-order valence-electron chi connectivity index (χ3n) is 2.36. The van der Waals surface area contributed by atoms with Crippen molar-refractivity contribution in [2.24, 2.45) is 0 Å². The third kappa shape index (κ3) is 2.63. The van der Waals surface area contributed by atoms with Crippen LogP contribution in [0.2, 0.25) is 0 Å². The van der Waals surface area contributed by atoms with Gasteiger partial charge in [0.15, 0.2) is 15.8 Å². The zero-order valence-electron chi connectivity index (χ0n) is 9.91. The van der Waals surface area contributed by atoms with Crippen molar-refractivity contribution in [3.05, 3.63) is 33.1 Å². The summed E-state index contributed by atoms with van der Waals surface area (Å²) in [5.41, 5.74) is 2.04. The molecule has 0 atom stereocenters. The minimum Gasteiger partial charge on any atom is -0.364 e. The molecule has 0 aliphatic heterocycles. The number of anilines is 3. The first-order valence-corrected chi connectivity index (χ1v) is 6.87. The molecule has 2 aromatic rings. The average molecular weight is 323 g/mol. The van der Waals surface area contributed by atoms with Crippen molar-refractivity contribution in [1.82, 2.24) is 4.98 Å². The lowest BCUT2D eigenvalue weighted by Gasteiger charge is -2.05. The number of hydrogen-bond donors (Lipinski definition) is 2. The molecular formula is C12H11BrN4S. The average Bonchev–Trinajstić information content (AvgIpc) is 2.76. The van der Waals surface area contributed by atoms with Gasteiger partial charge in [-0.1, -0.05) is 27.3 Å². The first-order chi connectivity index (χ1) is 8.63. The fraction of sp³-hybridized carbons (Fsp3) is 0.167. The SMILES string of the molecule is CNc1nc(Nc2ccc(Br)c(C)c2)c(C#N)s1. The fourth-order valence-electron chi connectivity index (χ4n) is 1.45. The number of nitrogens with zero attached hydrogens (tertiary/aromatic N) is 2. The summed E-state index contributed by atoms with van der Waals surface area (Å²) >= 11 is 4.79. The van der Waals surface area contributed by atoms with Gasteiger partial charge in [0.25, 0.3) is 0 Å². The lowest BCUT2D eigenvalue weighted by molar-refractivity contribution is 1.33. The molecule has 0 unspecified atom stereocenters. The summed E-state index contributed by atoms with van der Waals surface area (Å²) in [6, 6.07) is 8.05. The molecule has 1 aromatic heterocycles. The molecular weight excluding hydrogens is 312 g/mol. The summed E-state index contributed by atoms with van der Waals surface area (Å²) < 4.78 is 1.06. The van der Waals surface area contributed by atoms with Crippen molar-refractivity contribution in [2.45, 2.75) is 6.92 Å². The van der Waals surface area contributed by atoms with Crippen LogP contribution in [0.1, 0.15) is 10.4 Å².